The van der Waals surface area contributed by atoms with Gasteiger partial charge in [-0.3, -0.25) is 9.59 Å². The number of halogens is 1. The van der Waals surface area contributed by atoms with Crippen LogP contribution < -0.4 is 10.1 Å². The predicted molar refractivity (Wildman–Crippen MR) is 95.0 cm³/mol. The van der Waals surface area contributed by atoms with Crippen LogP contribution in [0, 0.1) is 0 Å². The molecule has 0 aliphatic heterocycles. The van der Waals surface area contributed by atoms with Gasteiger partial charge in [-0.2, -0.15) is 0 Å². The lowest BCUT2D eigenvalue weighted by molar-refractivity contribution is 0.0827. The standard InChI is InChI=1S/C18H19ClN2O3/c1-4-24-16-10-7-13(11-15(16)19)17(22)20-14-8-5-12(6-9-14)18(23)21(2)3/h5-11H,4H2,1-3H3,(H,20,22). The Bertz CT molecular complexity index is 742. The summed E-state index contributed by atoms with van der Waals surface area (Å²) in [7, 11) is 3.38. The van der Waals surface area contributed by atoms with Gasteiger partial charge in [0.1, 0.15) is 5.75 Å². The molecule has 0 aliphatic rings. The molecule has 0 saturated heterocycles. The average molecular weight is 347 g/mol. The van der Waals surface area contributed by atoms with Gasteiger partial charge in [-0.05, 0) is 49.4 Å². The van der Waals surface area contributed by atoms with Crippen LogP contribution in [0.3, 0.4) is 0 Å². The van der Waals surface area contributed by atoms with E-state index in [2.05, 4.69) is 5.32 Å². The van der Waals surface area contributed by atoms with Crippen molar-refractivity contribution in [3.8, 4) is 5.75 Å². The van der Waals surface area contributed by atoms with Gasteiger partial charge in [0.2, 0.25) is 0 Å². The molecule has 24 heavy (non-hydrogen) atoms. The maximum Gasteiger partial charge on any atom is 0.255 e. The number of benzene rings is 2. The molecule has 2 aromatic carbocycles. The molecule has 0 radical (unpaired) electrons. The summed E-state index contributed by atoms with van der Waals surface area (Å²) in [6, 6.07) is 11.6. The first-order valence-corrected chi connectivity index (χ1v) is 7.85. The van der Waals surface area contributed by atoms with Crippen LogP contribution in [0.25, 0.3) is 0 Å². The van der Waals surface area contributed by atoms with Crippen molar-refractivity contribution in [1.82, 2.24) is 4.90 Å². The summed E-state index contributed by atoms with van der Waals surface area (Å²) < 4.78 is 5.34. The minimum Gasteiger partial charge on any atom is -0.492 e. The normalized spacial score (nSPS) is 10.2. The van der Waals surface area contributed by atoms with Crippen molar-refractivity contribution in [2.45, 2.75) is 6.92 Å². The largest absolute Gasteiger partial charge is 0.492 e. The van der Waals surface area contributed by atoms with E-state index in [1.807, 2.05) is 6.92 Å². The van der Waals surface area contributed by atoms with Crippen LogP contribution >= 0.6 is 11.6 Å². The van der Waals surface area contributed by atoms with Gasteiger partial charge in [0.15, 0.2) is 0 Å². The van der Waals surface area contributed by atoms with Crippen LogP contribution in [0.1, 0.15) is 27.6 Å². The molecule has 2 rings (SSSR count). The van der Waals surface area contributed by atoms with E-state index in [0.717, 1.165) is 0 Å². The molecule has 0 fully saturated rings. The van der Waals surface area contributed by atoms with Gasteiger partial charge in [-0.1, -0.05) is 11.6 Å². The van der Waals surface area contributed by atoms with Crippen molar-refractivity contribution in [3.63, 3.8) is 0 Å². The van der Waals surface area contributed by atoms with Crippen molar-refractivity contribution < 1.29 is 14.3 Å². The van der Waals surface area contributed by atoms with E-state index >= 15 is 0 Å². The lowest BCUT2D eigenvalue weighted by Gasteiger charge is -2.11. The van der Waals surface area contributed by atoms with Crippen LogP contribution in [0.4, 0.5) is 5.69 Å². The summed E-state index contributed by atoms with van der Waals surface area (Å²) in [5, 5.41) is 3.15. The van der Waals surface area contributed by atoms with Gasteiger partial charge in [0.25, 0.3) is 11.8 Å². The number of amides is 2. The van der Waals surface area contributed by atoms with Crippen molar-refractivity contribution in [1.29, 1.82) is 0 Å². The molecule has 0 atom stereocenters. The zero-order chi connectivity index (χ0) is 17.7. The molecule has 1 N–H and O–H groups in total. The van der Waals surface area contributed by atoms with Crippen molar-refractivity contribution in [3.05, 3.63) is 58.6 Å². The maximum absolute atomic E-state index is 12.3. The van der Waals surface area contributed by atoms with E-state index in [4.69, 9.17) is 16.3 Å². The van der Waals surface area contributed by atoms with E-state index in [0.29, 0.717) is 34.2 Å². The number of nitrogens with one attached hydrogen (secondary N) is 1. The van der Waals surface area contributed by atoms with E-state index in [9.17, 15) is 9.59 Å². The molecule has 0 aliphatic carbocycles. The highest BCUT2D eigenvalue weighted by Gasteiger charge is 2.11. The lowest BCUT2D eigenvalue weighted by atomic mass is 10.1. The zero-order valence-electron chi connectivity index (χ0n) is 13.8. The van der Waals surface area contributed by atoms with Crippen LogP contribution in [-0.4, -0.2) is 37.4 Å². The fourth-order valence-corrected chi connectivity index (χ4v) is 2.31. The second-order valence-corrected chi connectivity index (χ2v) is 5.72. The monoisotopic (exact) mass is 346 g/mol. The first-order chi connectivity index (χ1) is 11.4. The third-order valence-electron chi connectivity index (χ3n) is 3.29. The van der Waals surface area contributed by atoms with Crippen molar-refractivity contribution in [2.75, 3.05) is 26.0 Å². The second-order valence-electron chi connectivity index (χ2n) is 5.31. The van der Waals surface area contributed by atoms with E-state index in [-0.39, 0.29) is 11.8 Å². The lowest BCUT2D eigenvalue weighted by Crippen LogP contribution is -2.21. The molecule has 5 nitrogen and oxygen atoms in total. The Morgan fingerprint density at radius 1 is 1.08 bits per heavy atom. The third-order valence-corrected chi connectivity index (χ3v) is 3.59. The number of carbonyl (C=O) groups excluding carboxylic acids is 2. The highest BCUT2D eigenvalue weighted by atomic mass is 35.5. The summed E-state index contributed by atoms with van der Waals surface area (Å²) in [5.74, 6) is 0.167. The molecule has 6 heteroatoms. The highest BCUT2D eigenvalue weighted by Crippen LogP contribution is 2.25. The minimum atomic E-state index is -0.286. The number of nitrogens with zero attached hydrogens (tertiary/aromatic N) is 1. The van der Waals surface area contributed by atoms with Crippen molar-refractivity contribution >= 4 is 29.1 Å². The molecule has 0 bridgehead atoms. The number of hydrogen-bond donors (Lipinski definition) is 1. The molecule has 0 spiro atoms. The Kier molecular flexibility index (Phi) is 5.82. The Labute approximate surface area is 146 Å². The third kappa shape index (κ3) is 4.26. The molecule has 0 unspecified atom stereocenters. The predicted octanol–water partition coefficient (Wildman–Crippen LogP) is 3.69. The van der Waals surface area contributed by atoms with Gasteiger partial charge >= 0.3 is 0 Å². The summed E-state index contributed by atoms with van der Waals surface area (Å²) in [5.41, 5.74) is 1.58. The minimum absolute atomic E-state index is 0.0915. The van der Waals surface area contributed by atoms with Gasteiger partial charge < -0.3 is 15.0 Å². The van der Waals surface area contributed by atoms with Crippen molar-refractivity contribution in [2.24, 2.45) is 0 Å². The van der Waals surface area contributed by atoms with Crippen LogP contribution in [0.15, 0.2) is 42.5 Å². The van der Waals surface area contributed by atoms with Gasteiger partial charge in [0, 0.05) is 30.9 Å². The highest BCUT2D eigenvalue weighted by molar-refractivity contribution is 6.32. The topological polar surface area (TPSA) is 58.6 Å². The summed E-state index contributed by atoms with van der Waals surface area (Å²) in [6.45, 7) is 2.37. The van der Waals surface area contributed by atoms with E-state index < -0.39 is 0 Å². The zero-order valence-corrected chi connectivity index (χ0v) is 14.6. The quantitative estimate of drug-likeness (QED) is 0.898. The summed E-state index contributed by atoms with van der Waals surface area (Å²) >= 11 is 6.09. The van der Waals surface area contributed by atoms with Gasteiger partial charge in [-0.25, -0.2) is 0 Å². The van der Waals surface area contributed by atoms with E-state index in [1.54, 1.807) is 56.6 Å². The Morgan fingerprint density at radius 3 is 2.25 bits per heavy atom. The van der Waals surface area contributed by atoms with E-state index in [1.165, 1.54) is 4.90 Å². The molecular formula is C18H19ClN2O3. The average Bonchev–Trinajstić information content (AvgIpc) is 2.56. The Balaban J connectivity index is 2.09. The number of hydrogen-bond acceptors (Lipinski definition) is 3. The van der Waals surface area contributed by atoms with Crippen LogP contribution in [-0.2, 0) is 0 Å². The van der Waals surface area contributed by atoms with Gasteiger partial charge in [-0.15, -0.1) is 0 Å². The smallest absolute Gasteiger partial charge is 0.255 e. The molecular weight excluding hydrogens is 328 g/mol. The first kappa shape index (κ1) is 17.8. The molecule has 0 heterocycles. The van der Waals surface area contributed by atoms with Crippen LogP contribution in [0.2, 0.25) is 5.02 Å². The molecule has 2 aromatic rings. The Morgan fingerprint density at radius 2 is 1.71 bits per heavy atom. The fraction of sp³-hybridized carbons (Fsp3) is 0.222. The van der Waals surface area contributed by atoms with Crippen LogP contribution in [0.5, 0.6) is 5.75 Å². The second kappa shape index (κ2) is 7.84. The molecule has 2 amide bonds. The summed E-state index contributed by atoms with van der Waals surface area (Å²) in [4.78, 5) is 25.6. The van der Waals surface area contributed by atoms with Gasteiger partial charge in [0.05, 0.1) is 11.6 Å². The Hall–Kier alpha value is -2.53. The molecule has 126 valence electrons. The maximum atomic E-state index is 12.3. The SMILES string of the molecule is CCOc1ccc(C(=O)Nc2ccc(C(=O)N(C)C)cc2)cc1Cl. The molecule has 0 aromatic heterocycles. The number of anilines is 1. The number of carbonyl (C=O) groups is 2. The molecule has 0 saturated carbocycles. The number of rotatable bonds is 5. The fourth-order valence-electron chi connectivity index (χ4n) is 2.07. The summed E-state index contributed by atoms with van der Waals surface area (Å²) in [6.07, 6.45) is 0. The number of ether oxygens (including phenoxy) is 1. The first-order valence-electron chi connectivity index (χ1n) is 7.47.